The molecule has 3 heterocycles. The smallest absolute Gasteiger partial charge is 0.143 e. The van der Waals surface area contributed by atoms with Gasteiger partial charge < -0.3 is 13.6 Å². The van der Waals surface area contributed by atoms with Crippen LogP contribution in [0, 0.1) is 0 Å². The van der Waals surface area contributed by atoms with Crippen molar-refractivity contribution in [1.82, 2.24) is 9.13 Å². The highest BCUT2D eigenvalue weighted by atomic mass is 16.3. The normalized spacial score (nSPS) is 12.1. The van der Waals surface area contributed by atoms with E-state index in [-0.39, 0.29) is 0 Å². The fraction of sp³-hybridized carbons (Fsp3) is 0. The highest BCUT2D eigenvalue weighted by Crippen LogP contribution is 2.48. The van der Waals surface area contributed by atoms with Gasteiger partial charge in [0.05, 0.1) is 33.4 Å². The van der Waals surface area contributed by atoms with Crippen molar-refractivity contribution in [1.29, 1.82) is 0 Å². The first-order valence-electron chi connectivity index (χ1n) is 20.3. The van der Waals surface area contributed by atoms with Crippen molar-refractivity contribution < 1.29 is 4.42 Å². The third kappa shape index (κ3) is 4.53. The number of hydrogen-bond donors (Lipinski definition) is 0. The van der Waals surface area contributed by atoms with Crippen LogP contribution in [0.4, 0.5) is 0 Å². The number of para-hydroxylation sites is 4. The summed E-state index contributed by atoms with van der Waals surface area (Å²) < 4.78 is 12.6. The summed E-state index contributed by atoms with van der Waals surface area (Å²) in [5, 5.41) is 11.7. The molecule has 0 saturated heterocycles. The van der Waals surface area contributed by atoms with Gasteiger partial charge in [0.1, 0.15) is 11.2 Å². The molecule has 0 atom stereocenters. The molecule has 0 aliphatic carbocycles. The largest absolute Gasteiger partial charge is 0.455 e. The summed E-state index contributed by atoms with van der Waals surface area (Å²) in [7, 11) is 0. The van der Waals surface area contributed by atoms with Gasteiger partial charge in [-0.15, -0.1) is 0 Å². The van der Waals surface area contributed by atoms with Gasteiger partial charge >= 0.3 is 0 Å². The average molecular weight is 751 g/mol. The molecule has 3 heteroatoms. The Morgan fingerprint density at radius 1 is 0.271 bits per heavy atom. The lowest BCUT2D eigenvalue weighted by Gasteiger charge is -2.16. The molecule has 0 saturated carbocycles. The summed E-state index contributed by atoms with van der Waals surface area (Å²) in [6, 6.07) is 74.8. The van der Waals surface area contributed by atoms with Crippen molar-refractivity contribution in [2.75, 3.05) is 0 Å². The van der Waals surface area contributed by atoms with E-state index in [1.165, 1.54) is 43.6 Å². The highest BCUT2D eigenvalue weighted by molar-refractivity contribution is 6.29. The number of nitrogens with zero attached hydrogens (tertiary/aromatic N) is 2. The van der Waals surface area contributed by atoms with Crippen LogP contribution in [0.15, 0.2) is 211 Å². The number of benzene rings is 10. The van der Waals surface area contributed by atoms with E-state index < -0.39 is 0 Å². The minimum Gasteiger partial charge on any atom is -0.455 e. The molecule has 3 aromatic heterocycles. The Morgan fingerprint density at radius 3 is 0.949 bits per heavy atom. The zero-order valence-corrected chi connectivity index (χ0v) is 31.9. The lowest BCUT2D eigenvalue weighted by Crippen LogP contribution is -1.97. The Labute approximate surface area is 339 Å². The van der Waals surface area contributed by atoms with Crippen molar-refractivity contribution in [2.24, 2.45) is 0 Å². The third-order valence-corrected chi connectivity index (χ3v) is 12.5. The van der Waals surface area contributed by atoms with Crippen molar-refractivity contribution >= 4 is 87.1 Å². The van der Waals surface area contributed by atoms with Gasteiger partial charge in [-0.25, -0.2) is 0 Å². The van der Waals surface area contributed by atoms with Gasteiger partial charge in [-0.1, -0.05) is 170 Å². The Kier molecular flexibility index (Phi) is 6.72. The van der Waals surface area contributed by atoms with Gasteiger partial charge in [-0.3, -0.25) is 0 Å². The van der Waals surface area contributed by atoms with Crippen LogP contribution in [0.25, 0.3) is 121 Å². The number of aromatic nitrogens is 2. The maximum atomic E-state index is 7.69. The van der Waals surface area contributed by atoms with Crippen LogP contribution in [0.1, 0.15) is 0 Å². The molecule has 10 aromatic carbocycles. The maximum absolute atomic E-state index is 7.69. The molecule has 0 aliphatic heterocycles. The standard InChI is InChI=1S/C56H34N2O/c1-3-17-35(18-4-1)45-33-51(57-47-29-11-7-21-37(47)38-22-8-12-30-48(38)57)43-27-15-25-41-42-26-16-28-44-52(58-49-31-13-9-23-39(49)40-24-10-14-32-50(40)58)34-46(36-19-5-2-6-20-36)56(54(42)44)59-55(45)53(41)43/h1-34H. The maximum Gasteiger partial charge on any atom is 0.143 e. The second kappa shape index (κ2) is 12.3. The Morgan fingerprint density at radius 2 is 0.576 bits per heavy atom. The SMILES string of the molecule is c1ccc(-c2cc(-n3c4ccccc4c4ccccc43)c3cccc4c5cccc6c(-n7c8ccccc8c8ccccc87)cc(-c7ccccc7)c(oc2c34)c65)cc1. The molecule has 13 aromatic rings. The molecule has 0 N–H and O–H groups in total. The average Bonchev–Trinajstić information content (AvgIpc) is 3.77. The summed E-state index contributed by atoms with van der Waals surface area (Å²) in [5.41, 5.74) is 13.0. The van der Waals surface area contributed by atoms with Crippen LogP contribution in [0.3, 0.4) is 0 Å². The Bertz CT molecular complexity index is 3470. The van der Waals surface area contributed by atoms with E-state index in [0.717, 1.165) is 77.1 Å². The van der Waals surface area contributed by atoms with Gasteiger partial charge in [0, 0.05) is 54.2 Å². The highest BCUT2D eigenvalue weighted by Gasteiger charge is 2.24. The molecule has 0 radical (unpaired) electrons. The minimum absolute atomic E-state index is 0.866. The van der Waals surface area contributed by atoms with Crippen LogP contribution >= 0.6 is 0 Å². The van der Waals surface area contributed by atoms with Gasteiger partial charge in [0.25, 0.3) is 0 Å². The molecule has 274 valence electrons. The van der Waals surface area contributed by atoms with Gasteiger partial charge in [0.2, 0.25) is 0 Å². The monoisotopic (exact) mass is 750 g/mol. The van der Waals surface area contributed by atoms with Crippen LogP contribution in [0.5, 0.6) is 0 Å². The summed E-state index contributed by atoms with van der Waals surface area (Å²) in [5.74, 6) is 0. The molecule has 13 rings (SSSR count). The van der Waals surface area contributed by atoms with E-state index in [2.05, 4.69) is 215 Å². The summed E-state index contributed by atoms with van der Waals surface area (Å²) >= 11 is 0. The summed E-state index contributed by atoms with van der Waals surface area (Å²) in [6.07, 6.45) is 0. The van der Waals surface area contributed by atoms with E-state index in [9.17, 15) is 0 Å². The zero-order chi connectivity index (χ0) is 38.6. The molecule has 0 spiro atoms. The predicted molar refractivity (Wildman–Crippen MR) is 248 cm³/mol. The summed E-state index contributed by atoms with van der Waals surface area (Å²) in [6.45, 7) is 0. The van der Waals surface area contributed by atoms with E-state index in [4.69, 9.17) is 4.42 Å². The van der Waals surface area contributed by atoms with Crippen LogP contribution in [-0.2, 0) is 0 Å². The van der Waals surface area contributed by atoms with Crippen LogP contribution in [-0.4, -0.2) is 9.13 Å². The molecular weight excluding hydrogens is 717 g/mol. The number of hydrogen-bond acceptors (Lipinski definition) is 1. The third-order valence-electron chi connectivity index (χ3n) is 12.5. The molecule has 0 amide bonds. The lowest BCUT2D eigenvalue weighted by molar-refractivity contribution is 0.666. The fourth-order valence-corrected chi connectivity index (χ4v) is 10.0. The van der Waals surface area contributed by atoms with Crippen molar-refractivity contribution in [3.05, 3.63) is 206 Å². The first kappa shape index (κ1) is 32.2. The zero-order valence-electron chi connectivity index (χ0n) is 31.9. The van der Waals surface area contributed by atoms with E-state index in [1.54, 1.807) is 0 Å². The van der Waals surface area contributed by atoms with Crippen molar-refractivity contribution in [3.63, 3.8) is 0 Å². The molecular formula is C56H34N2O. The molecule has 0 unspecified atom stereocenters. The molecule has 0 aliphatic rings. The lowest BCUT2D eigenvalue weighted by atomic mass is 9.93. The topological polar surface area (TPSA) is 23.0 Å². The number of rotatable bonds is 4. The molecule has 59 heavy (non-hydrogen) atoms. The van der Waals surface area contributed by atoms with Gasteiger partial charge in [0.15, 0.2) is 0 Å². The van der Waals surface area contributed by atoms with Gasteiger partial charge in [-0.2, -0.15) is 0 Å². The minimum atomic E-state index is 0.866. The van der Waals surface area contributed by atoms with E-state index in [1.807, 2.05) is 0 Å². The van der Waals surface area contributed by atoms with Crippen molar-refractivity contribution in [2.45, 2.75) is 0 Å². The van der Waals surface area contributed by atoms with E-state index >= 15 is 0 Å². The van der Waals surface area contributed by atoms with Crippen LogP contribution < -0.4 is 0 Å². The predicted octanol–water partition coefficient (Wildman–Crippen LogP) is 15.4. The van der Waals surface area contributed by atoms with E-state index in [0.29, 0.717) is 0 Å². The Hall–Kier alpha value is -7.88. The summed E-state index contributed by atoms with van der Waals surface area (Å²) in [4.78, 5) is 0. The molecule has 3 nitrogen and oxygen atoms in total. The molecule has 0 bridgehead atoms. The van der Waals surface area contributed by atoms with Crippen LogP contribution in [0.2, 0.25) is 0 Å². The first-order valence-corrected chi connectivity index (χ1v) is 20.3. The fourth-order valence-electron chi connectivity index (χ4n) is 10.0. The van der Waals surface area contributed by atoms with Crippen molar-refractivity contribution in [3.8, 4) is 33.6 Å². The molecule has 0 fully saturated rings. The second-order valence-electron chi connectivity index (χ2n) is 15.6. The number of fused-ring (bicyclic) bond motifs is 7. The Balaban J connectivity index is 1.27. The quantitative estimate of drug-likeness (QED) is 0.176. The first-order chi connectivity index (χ1) is 29.3. The van der Waals surface area contributed by atoms with Gasteiger partial charge in [-0.05, 0) is 58.3 Å². The second-order valence-corrected chi connectivity index (χ2v) is 15.6.